The van der Waals surface area contributed by atoms with Crippen LogP contribution in [0.5, 0.6) is 0 Å². The second-order valence-electron chi connectivity index (χ2n) is 7.51. The molecule has 26 heavy (non-hydrogen) atoms. The van der Waals surface area contributed by atoms with Crippen LogP contribution in [0, 0.1) is 19.3 Å². The number of fused-ring (bicyclic) bond motifs is 3. The van der Waals surface area contributed by atoms with Crippen molar-refractivity contribution in [3.8, 4) is 0 Å². The minimum atomic E-state index is -0.319. The van der Waals surface area contributed by atoms with Gasteiger partial charge in [0.2, 0.25) is 0 Å². The molecule has 144 valence electrons. The van der Waals surface area contributed by atoms with Crippen molar-refractivity contribution in [3.63, 3.8) is 0 Å². The molecule has 0 radical (unpaired) electrons. The molecule has 0 aliphatic heterocycles. The van der Waals surface area contributed by atoms with Crippen molar-refractivity contribution in [3.05, 3.63) is 45.5 Å². The molecule has 3 rings (SSSR count). The minimum absolute atomic E-state index is 0.319. The van der Waals surface area contributed by atoms with E-state index >= 15 is 0 Å². The number of rotatable bonds is 1. The summed E-state index contributed by atoms with van der Waals surface area (Å²) in [5, 5.41) is 1.42. The van der Waals surface area contributed by atoms with Crippen LogP contribution in [0.1, 0.15) is 71.6 Å². The molecule has 2 aromatic heterocycles. The molecular weight excluding hydrogens is 324 g/mol. The van der Waals surface area contributed by atoms with Gasteiger partial charge in [-0.15, -0.1) is 0 Å². The van der Waals surface area contributed by atoms with Gasteiger partial charge in [0.25, 0.3) is 0 Å². The highest BCUT2D eigenvalue weighted by Crippen LogP contribution is 2.29. The van der Waals surface area contributed by atoms with E-state index in [4.69, 9.17) is 8.83 Å². The lowest BCUT2D eigenvalue weighted by Crippen LogP contribution is -2.01. The fourth-order valence-corrected chi connectivity index (χ4v) is 2.47. The Morgan fingerprint density at radius 3 is 2.08 bits per heavy atom. The van der Waals surface area contributed by atoms with Gasteiger partial charge >= 0.3 is 5.63 Å². The fourth-order valence-electron chi connectivity index (χ4n) is 2.47. The average Bonchev–Trinajstić information content (AvgIpc) is 3.00. The van der Waals surface area contributed by atoms with Gasteiger partial charge in [0.05, 0.1) is 11.6 Å². The van der Waals surface area contributed by atoms with Crippen LogP contribution in [-0.2, 0) is 6.42 Å². The third kappa shape index (κ3) is 4.78. The molecule has 1 aromatic carbocycles. The Morgan fingerprint density at radius 1 is 1.00 bits per heavy atom. The lowest BCUT2D eigenvalue weighted by atomic mass is 9.94. The van der Waals surface area contributed by atoms with Crippen LogP contribution in [0.3, 0.4) is 0 Å². The third-order valence-electron chi connectivity index (χ3n) is 4.58. The van der Waals surface area contributed by atoms with Gasteiger partial charge < -0.3 is 8.83 Å². The van der Waals surface area contributed by atoms with Crippen molar-refractivity contribution < 1.29 is 8.83 Å². The number of hydrogen-bond acceptors (Lipinski definition) is 3. The van der Waals surface area contributed by atoms with Crippen LogP contribution in [0.25, 0.3) is 21.9 Å². The summed E-state index contributed by atoms with van der Waals surface area (Å²) in [5.74, 6) is 0. The first-order valence-corrected chi connectivity index (χ1v) is 9.62. The zero-order chi connectivity index (χ0) is 20.1. The molecule has 0 fully saturated rings. The van der Waals surface area contributed by atoms with Gasteiger partial charge in [0.15, 0.2) is 5.58 Å². The molecule has 3 nitrogen and oxygen atoms in total. The van der Waals surface area contributed by atoms with Crippen LogP contribution in [0.15, 0.2) is 32.0 Å². The van der Waals surface area contributed by atoms with Gasteiger partial charge in [0.1, 0.15) is 11.0 Å². The summed E-state index contributed by atoms with van der Waals surface area (Å²) in [5.41, 5.74) is 4.51. The van der Waals surface area contributed by atoms with Crippen molar-refractivity contribution in [1.82, 2.24) is 0 Å². The topological polar surface area (TPSA) is 43.4 Å². The molecule has 3 aromatic rings. The maximum absolute atomic E-state index is 12.0. The second-order valence-corrected chi connectivity index (χ2v) is 7.51. The molecule has 2 heterocycles. The van der Waals surface area contributed by atoms with Crippen LogP contribution in [0.4, 0.5) is 0 Å². The summed E-state index contributed by atoms with van der Waals surface area (Å²) in [6, 6.07) is 4.03. The standard InChI is InChI=1S/C15H14O3.C6H14.C2H6/c1-4-10-5-6-11-13(9(10)3)18-15(16)12-8(2)7-17-14(11)12;1-5-6(2,3)4;1-2/h5-7H,4H2,1-3H3;5H2,1-4H3;1-2H3. The summed E-state index contributed by atoms with van der Waals surface area (Å²) in [4.78, 5) is 12.0. The molecule has 0 saturated carbocycles. The molecule has 0 spiro atoms. The van der Waals surface area contributed by atoms with E-state index in [0.717, 1.165) is 22.9 Å². The van der Waals surface area contributed by atoms with Crippen molar-refractivity contribution in [1.29, 1.82) is 0 Å². The molecule has 3 heteroatoms. The third-order valence-corrected chi connectivity index (χ3v) is 4.58. The van der Waals surface area contributed by atoms with Gasteiger partial charge in [-0.25, -0.2) is 4.79 Å². The van der Waals surface area contributed by atoms with Crippen LogP contribution >= 0.6 is 0 Å². The van der Waals surface area contributed by atoms with Crippen molar-refractivity contribution >= 4 is 21.9 Å². The summed E-state index contributed by atoms with van der Waals surface area (Å²) in [7, 11) is 0. The summed E-state index contributed by atoms with van der Waals surface area (Å²) in [6.07, 6.45) is 3.79. The number of benzene rings is 1. The molecule has 0 aliphatic carbocycles. The van der Waals surface area contributed by atoms with E-state index < -0.39 is 0 Å². The van der Waals surface area contributed by atoms with Gasteiger partial charge in [-0.3, -0.25) is 0 Å². The van der Waals surface area contributed by atoms with Crippen LogP contribution in [0.2, 0.25) is 0 Å². The molecular formula is C23H34O3. The van der Waals surface area contributed by atoms with E-state index in [1.165, 1.54) is 12.0 Å². The number of furan rings is 1. The normalized spacial score (nSPS) is 11.0. The van der Waals surface area contributed by atoms with Crippen molar-refractivity contribution in [2.45, 2.75) is 75.2 Å². The van der Waals surface area contributed by atoms with Crippen LogP contribution < -0.4 is 5.63 Å². The first-order chi connectivity index (χ1) is 12.2. The first-order valence-electron chi connectivity index (χ1n) is 9.62. The maximum Gasteiger partial charge on any atom is 0.347 e. The zero-order valence-corrected chi connectivity index (χ0v) is 17.9. The van der Waals surface area contributed by atoms with E-state index in [0.29, 0.717) is 22.0 Å². The Labute approximate surface area is 157 Å². The van der Waals surface area contributed by atoms with E-state index in [-0.39, 0.29) is 5.63 Å². The molecule has 0 amide bonds. The first kappa shape index (κ1) is 22.0. The predicted molar refractivity (Wildman–Crippen MR) is 112 cm³/mol. The molecule has 0 bridgehead atoms. The smallest absolute Gasteiger partial charge is 0.347 e. The Kier molecular flexibility index (Phi) is 7.68. The molecule has 0 N–H and O–H groups in total. The van der Waals surface area contributed by atoms with Crippen LogP contribution in [-0.4, -0.2) is 0 Å². The Bertz CT molecular complexity index is 905. The minimum Gasteiger partial charge on any atom is -0.463 e. The largest absolute Gasteiger partial charge is 0.463 e. The van der Waals surface area contributed by atoms with Crippen molar-refractivity contribution in [2.75, 3.05) is 0 Å². The van der Waals surface area contributed by atoms with Gasteiger partial charge in [-0.05, 0) is 42.9 Å². The highest BCUT2D eigenvalue weighted by molar-refractivity contribution is 6.02. The van der Waals surface area contributed by atoms with Crippen molar-refractivity contribution in [2.24, 2.45) is 5.41 Å². The molecule has 0 unspecified atom stereocenters. The highest BCUT2D eigenvalue weighted by Gasteiger charge is 2.15. The number of hydrogen-bond donors (Lipinski definition) is 0. The lowest BCUT2D eigenvalue weighted by molar-refractivity contribution is 0.398. The van der Waals surface area contributed by atoms with E-state index in [2.05, 4.69) is 40.7 Å². The van der Waals surface area contributed by atoms with E-state index in [9.17, 15) is 4.79 Å². The molecule has 0 aliphatic rings. The SMILES string of the molecule is CC.CCC(C)(C)C.CCc1ccc2c(oc(=O)c3c(C)coc32)c1C. The summed E-state index contributed by atoms with van der Waals surface area (Å²) in [6.45, 7) is 18.8. The van der Waals surface area contributed by atoms with Gasteiger partial charge in [-0.2, -0.15) is 0 Å². The highest BCUT2D eigenvalue weighted by atomic mass is 16.4. The number of aryl methyl sites for hydroxylation is 3. The maximum atomic E-state index is 12.0. The molecule has 0 saturated heterocycles. The van der Waals surface area contributed by atoms with Gasteiger partial charge in [0, 0.05) is 5.56 Å². The lowest BCUT2D eigenvalue weighted by Gasteiger charge is -2.12. The molecule has 0 atom stereocenters. The monoisotopic (exact) mass is 358 g/mol. The van der Waals surface area contributed by atoms with E-state index in [1.807, 2.05) is 33.8 Å². The Balaban J connectivity index is 0.000000363. The summed E-state index contributed by atoms with van der Waals surface area (Å²) >= 11 is 0. The van der Waals surface area contributed by atoms with E-state index in [1.54, 1.807) is 6.26 Å². The predicted octanol–water partition coefficient (Wildman–Crippen LogP) is 7.19. The van der Waals surface area contributed by atoms with Gasteiger partial charge in [-0.1, -0.05) is 61.0 Å². The summed E-state index contributed by atoms with van der Waals surface area (Å²) < 4.78 is 11.0. The fraction of sp³-hybridized carbons (Fsp3) is 0.522. The Morgan fingerprint density at radius 2 is 1.58 bits per heavy atom. The Hall–Kier alpha value is -2.03. The zero-order valence-electron chi connectivity index (χ0n) is 17.9. The average molecular weight is 359 g/mol. The second kappa shape index (κ2) is 9.07. The quantitative estimate of drug-likeness (QED) is 0.432.